The van der Waals surface area contributed by atoms with E-state index < -0.39 is 5.60 Å². The minimum atomic E-state index is -0.526. The largest absolute Gasteiger partial charge is 0.390 e. The zero-order chi connectivity index (χ0) is 13.2. The lowest BCUT2D eigenvalue weighted by atomic mass is 9.93. The number of nitrogens with zero attached hydrogens (tertiary/aromatic N) is 3. The molecule has 0 aromatic carbocycles. The van der Waals surface area contributed by atoms with Crippen molar-refractivity contribution in [1.82, 2.24) is 9.97 Å². The second-order valence-corrected chi connectivity index (χ2v) is 5.11. The van der Waals surface area contributed by atoms with Crippen molar-refractivity contribution in [2.45, 2.75) is 38.7 Å². The summed E-state index contributed by atoms with van der Waals surface area (Å²) in [5, 5.41) is 13.1. The van der Waals surface area contributed by atoms with Gasteiger partial charge in [0.05, 0.1) is 5.60 Å². The van der Waals surface area contributed by atoms with E-state index in [4.69, 9.17) is 0 Å². The summed E-state index contributed by atoms with van der Waals surface area (Å²) in [5.74, 6) is 1.91. The van der Waals surface area contributed by atoms with Crippen molar-refractivity contribution in [1.29, 1.82) is 0 Å². The van der Waals surface area contributed by atoms with Gasteiger partial charge in [0.2, 0.25) is 0 Å². The molecule has 2 N–H and O–H groups in total. The molecule has 0 spiro atoms. The molecule has 0 bridgehead atoms. The lowest BCUT2D eigenvalue weighted by molar-refractivity contribution is 0.0350. The lowest BCUT2D eigenvalue weighted by Crippen LogP contribution is -2.43. The van der Waals surface area contributed by atoms with Crippen LogP contribution in [0.1, 0.15) is 32.3 Å². The Kier molecular flexibility index (Phi) is 3.71. The van der Waals surface area contributed by atoms with Crippen molar-refractivity contribution in [2.75, 3.05) is 30.4 Å². The van der Waals surface area contributed by atoms with Crippen molar-refractivity contribution in [2.24, 2.45) is 0 Å². The highest BCUT2D eigenvalue weighted by molar-refractivity contribution is 5.58. The predicted molar refractivity (Wildman–Crippen MR) is 73.0 cm³/mol. The third kappa shape index (κ3) is 2.56. The van der Waals surface area contributed by atoms with Crippen LogP contribution < -0.4 is 10.2 Å². The van der Waals surface area contributed by atoms with Gasteiger partial charge in [0.15, 0.2) is 0 Å². The topological polar surface area (TPSA) is 61.3 Å². The van der Waals surface area contributed by atoms with E-state index in [-0.39, 0.29) is 0 Å². The average Bonchev–Trinajstić information content (AvgIpc) is 2.37. The summed E-state index contributed by atoms with van der Waals surface area (Å²) in [7, 11) is 1.88. The molecule has 1 aromatic heterocycles. The smallest absolute Gasteiger partial charge is 0.137 e. The minimum absolute atomic E-state index is 0.526. The number of hydrogen-bond donors (Lipinski definition) is 2. The Bertz CT molecular complexity index is 409. The fraction of sp³-hybridized carbons (Fsp3) is 0.692. The number of hydrogen-bond acceptors (Lipinski definition) is 5. The summed E-state index contributed by atoms with van der Waals surface area (Å²) in [6, 6.07) is 0. The Hall–Kier alpha value is -1.36. The fourth-order valence-corrected chi connectivity index (χ4v) is 2.42. The van der Waals surface area contributed by atoms with Gasteiger partial charge in [0, 0.05) is 25.7 Å². The summed E-state index contributed by atoms with van der Waals surface area (Å²) in [4.78, 5) is 10.9. The molecular formula is C13H22N4O. The fourth-order valence-electron chi connectivity index (χ4n) is 2.42. The van der Waals surface area contributed by atoms with E-state index in [0.29, 0.717) is 0 Å². The number of nitrogens with one attached hydrogen (secondary N) is 1. The van der Waals surface area contributed by atoms with Gasteiger partial charge in [-0.2, -0.15) is 0 Å². The Labute approximate surface area is 108 Å². The van der Waals surface area contributed by atoms with E-state index in [1.165, 1.54) is 0 Å². The van der Waals surface area contributed by atoms with Gasteiger partial charge in [-0.3, -0.25) is 0 Å². The maximum absolute atomic E-state index is 9.99. The lowest BCUT2D eigenvalue weighted by Gasteiger charge is -2.37. The molecule has 2 heterocycles. The Morgan fingerprint density at radius 3 is 2.61 bits per heavy atom. The van der Waals surface area contributed by atoms with Gasteiger partial charge in [0.25, 0.3) is 0 Å². The van der Waals surface area contributed by atoms with Crippen molar-refractivity contribution < 1.29 is 5.11 Å². The minimum Gasteiger partial charge on any atom is -0.390 e. The maximum atomic E-state index is 9.99. The van der Waals surface area contributed by atoms with Gasteiger partial charge in [-0.25, -0.2) is 9.97 Å². The highest BCUT2D eigenvalue weighted by Crippen LogP contribution is 2.29. The van der Waals surface area contributed by atoms with Gasteiger partial charge in [-0.15, -0.1) is 0 Å². The predicted octanol–water partition coefficient (Wildman–Crippen LogP) is 1.43. The second kappa shape index (κ2) is 5.10. The van der Waals surface area contributed by atoms with E-state index >= 15 is 0 Å². The summed E-state index contributed by atoms with van der Waals surface area (Å²) in [5.41, 5.74) is 0.628. The van der Waals surface area contributed by atoms with Gasteiger partial charge in [-0.05, 0) is 26.2 Å². The van der Waals surface area contributed by atoms with Crippen LogP contribution in [-0.2, 0) is 6.42 Å². The number of piperidine rings is 1. The van der Waals surface area contributed by atoms with Crippen LogP contribution in [-0.4, -0.2) is 40.8 Å². The molecule has 0 amide bonds. The molecule has 0 aliphatic carbocycles. The molecule has 0 radical (unpaired) electrons. The maximum Gasteiger partial charge on any atom is 0.137 e. The summed E-state index contributed by atoms with van der Waals surface area (Å²) >= 11 is 0. The highest BCUT2D eigenvalue weighted by Gasteiger charge is 2.29. The molecule has 1 aromatic rings. The number of aromatic nitrogens is 2. The first kappa shape index (κ1) is 13.1. The molecule has 5 nitrogen and oxygen atoms in total. The van der Waals surface area contributed by atoms with Crippen LogP contribution in [0, 0.1) is 0 Å². The zero-order valence-electron chi connectivity index (χ0n) is 11.4. The second-order valence-electron chi connectivity index (χ2n) is 5.11. The van der Waals surface area contributed by atoms with E-state index in [2.05, 4.69) is 27.1 Å². The summed E-state index contributed by atoms with van der Waals surface area (Å²) in [6.07, 6.45) is 4.08. The monoisotopic (exact) mass is 250 g/mol. The third-order valence-electron chi connectivity index (χ3n) is 3.65. The van der Waals surface area contributed by atoms with Crippen LogP contribution >= 0.6 is 0 Å². The van der Waals surface area contributed by atoms with Crippen LogP contribution in [0.15, 0.2) is 6.33 Å². The molecule has 1 fully saturated rings. The SMILES string of the molecule is CCc1c(NC)ncnc1N1CCC(C)(O)CC1. The number of anilines is 2. The van der Waals surface area contributed by atoms with Gasteiger partial charge in [0.1, 0.15) is 18.0 Å². The molecular weight excluding hydrogens is 228 g/mol. The third-order valence-corrected chi connectivity index (χ3v) is 3.65. The van der Waals surface area contributed by atoms with Crippen molar-refractivity contribution >= 4 is 11.6 Å². The standard InChI is InChI=1S/C13H22N4O/c1-4-10-11(14-3)15-9-16-12(10)17-7-5-13(2,18)6-8-17/h9,18H,4-8H2,1-3H3,(H,14,15,16). The van der Waals surface area contributed by atoms with E-state index in [1.54, 1.807) is 6.33 Å². The first-order valence-corrected chi connectivity index (χ1v) is 6.56. The highest BCUT2D eigenvalue weighted by atomic mass is 16.3. The average molecular weight is 250 g/mol. The van der Waals surface area contributed by atoms with Gasteiger partial charge in [-0.1, -0.05) is 6.92 Å². The van der Waals surface area contributed by atoms with Crippen LogP contribution in [0.5, 0.6) is 0 Å². The molecule has 2 rings (SSSR count). The Morgan fingerprint density at radius 2 is 2.06 bits per heavy atom. The van der Waals surface area contributed by atoms with Crippen molar-refractivity contribution in [3.8, 4) is 0 Å². The number of rotatable bonds is 3. The molecule has 1 aliphatic heterocycles. The van der Waals surface area contributed by atoms with Crippen LogP contribution in [0.4, 0.5) is 11.6 Å². The van der Waals surface area contributed by atoms with E-state index in [9.17, 15) is 5.11 Å². The van der Waals surface area contributed by atoms with Crippen molar-refractivity contribution in [3.63, 3.8) is 0 Å². The van der Waals surface area contributed by atoms with E-state index in [0.717, 1.165) is 49.6 Å². The summed E-state index contributed by atoms with van der Waals surface area (Å²) in [6.45, 7) is 5.72. The van der Waals surface area contributed by atoms with Crippen LogP contribution in [0.25, 0.3) is 0 Å². The van der Waals surface area contributed by atoms with E-state index in [1.807, 2.05) is 14.0 Å². The quantitative estimate of drug-likeness (QED) is 0.850. The Morgan fingerprint density at radius 1 is 1.39 bits per heavy atom. The first-order valence-electron chi connectivity index (χ1n) is 6.56. The molecule has 0 saturated carbocycles. The molecule has 5 heteroatoms. The molecule has 18 heavy (non-hydrogen) atoms. The van der Waals surface area contributed by atoms with Gasteiger partial charge >= 0.3 is 0 Å². The Balaban J connectivity index is 2.23. The van der Waals surface area contributed by atoms with Crippen LogP contribution in [0.3, 0.4) is 0 Å². The molecule has 1 aliphatic rings. The van der Waals surface area contributed by atoms with Crippen LogP contribution in [0.2, 0.25) is 0 Å². The van der Waals surface area contributed by atoms with Crippen molar-refractivity contribution in [3.05, 3.63) is 11.9 Å². The normalized spacial score (nSPS) is 18.8. The molecule has 1 saturated heterocycles. The first-order chi connectivity index (χ1) is 8.57. The number of aliphatic hydroxyl groups is 1. The molecule has 0 atom stereocenters. The zero-order valence-corrected chi connectivity index (χ0v) is 11.4. The summed E-state index contributed by atoms with van der Waals surface area (Å²) < 4.78 is 0. The van der Waals surface area contributed by atoms with Gasteiger partial charge < -0.3 is 15.3 Å². The molecule has 100 valence electrons. The molecule has 0 unspecified atom stereocenters.